The van der Waals surface area contributed by atoms with Gasteiger partial charge >= 0.3 is 0 Å². The van der Waals surface area contributed by atoms with Crippen molar-refractivity contribution in [3.8, 4) is 0 Å². The Balaban J connectivity index is 1.53. The number of fused-ring (bicyclic) bond motifs is 2. The van der Waals surface area contributed by atoms with Crippen molar-refractivity contribution in [3.63, 3.8) is 0 Å². The number of hydrogen-bond donors (Lipinski definition) is 1. The minimum atomic E-state index is 0.407. The molecule has 2 aliphatic rings. The summed E-state index contributed by atoms with van der Waals surface area (Å²) in [5.41, 5.74) is 0. The van der Waals surface area contributed by atoms with Crippen LogP contribution in [0.3, 0.4) is 0 Å². The largest absolute Gasteiger partial charge is 0.468 e. The lowest BCUT2D eigenvalue weighted by Gasteiger charge is -2.24. The molecule has 4 atom stereocenters. The third-order valence-electron chi connectivity index (χ3n) is 4.81. The fourth-order valence-corrected chi connectivity index (χ4v) is 3.86. The fraction of sp³-hybridized carbons (Fsp3) is 0.733. The van der Waals surface area contributed by atoms with Crippen molar-refractivity contribution in [1.29, 1.82) is 0 Å². The van der Waals surface area contributed by atoms with Crippen molar-refractivity contribution in [2.45, 2.75) is 45.1 Å². The van der Waals surface area contributed by atoms with E-state index in [1.54, 1.807) is 6.26 Å². The lowest BCUT2D eigenvalue weighted by Crippen LogP contribution is -2.29. The number of furan rings is 1. The molecule has 94 valence electrons. The molecule has 3 rings (SSSR count). The highest BCUT2D eigenvalue weighted by atomic mass is 16.3. The number of hydrogen-bond acceptors (Lipinski definition) is 2. The first-order valence-corrected chi connectivity index (χ1v) is 7.13. The highest BCUT2D eigenvalue weighted by Gasteiger charge is 2.39. The summed E-state index contributed by atoms with van der Waals surface area (Å²) in [4.78, 5) is 0. The zero-order chi connectivity index (χ0) is 11.7. The Morgan fingerprint density at radius 2 is 2.35 bits per heavy atom. The zero-order valence-corrected chi connectivity index (χ0v) is 10.7. The molecule has 0 amide bonds. The van der Waals surface area contributed by atoms with Gasteiger partial charge < -0.3 is 9.73 Å². The Kier molecular flexibility index (Phi) is 3.24. The van der Waals surface area contributed by atoms with Crippen LogP contribution in [-0.4, -0.2) is 6.54 Å². The van der Waals surface area contributed by atoms with Crippen LogP contribution in [0.15, 0.2) is 22.8 Å². The third-order valence-corrected chi connectivity index (χ3v) is 4.81. The number of nitrogens with one attached hydrogen (secondary N) is 1. The lowest BCUT2D eigenvalue weighted by molar-refractivity contribution is 0.294. The van der Waals surface area contributed by atoms with Crippen LogP contribution in [0.4, 0.5) is 0 Å². The van der Waals surface area contributed by atoms with Crippen molar-refractivity contribution >= 4 is 0 Å². The summed E-state index contributed by atoms with van der Waals surface area (Å²) in [5, 5.41) is 3.70. The molecule has 2 aliphatic carbocycles. The average molecular weight is 233 g/mol. The first-order valence-electron chi connectivity index (χ1n) is 7.13. The van der Waals surface area contributed by atoms with Gasteiger partial charge in [0, 0.05) is 0 Å². The topological polar surface area (TPSA) is 25.2 Å². The van der Waals surface area contributed by atoms with Gasteiger partial charge in [0.25, 0.3) is 0 Å². The molecular weight excluding hydrogens is 210 g/mol. The minimum absolute atomic E-state index is 0.407. The molecule has 17 heavy (non-hydrogen) atoms. The maximum atomic E-state index is 5.50. The van der Waals surface area contributed by atoms with E-state index in [-0.39, 0.29) is 0 Å². The Morgan fingerprint density at radius 3 is 2.94 bits per heavy atom. The van der Waals surface area contributed by atoms with Crippen molar-refractivity contribution in [2.24, 2.45) is 17.8 Å². The molecular formula is C15H23NO. The maximum absolute atomic E-state index is 5.50. The normalized spacial score (nSPS) is 33.1. The number of rotatable bonds is 5. The van der Waals surface area contributed by atoms with E-state index in [9.17, 15) is 0 Å². The van der Waals surface area contributed by atoms with E-state index in [0.29, 0.717) is 6.04 Å². The molecule has 2 saturated carbocycles. The predicted octanol–water partition coefficient (Wildman–Crippen LogP) is 3.76. The van der Waals surface area contributed by atoms with E-state index >= 15 is 0 Å². The third kappa shape index (κ3) is 2.28. The molecule has 1 aromatic heterocycles. The van der Waals surface area contributed by atoms with Crippen LogP contribution >= 0.6 is 0 Å². The molecule has 2 fully saturated rings. The molecule has 1 N–H and O–H groups in total. The van der Waals surface area contributed by atoms with Gasteiger partial charge in [0.15, 0.2) is 0 Å². The Morgan fingerprint density at radius 1 is 1.41 bits per heavy atom. The van der Waals surface area contributed by atoms with Crippen molar-refractivity contribution in [2.75, 3.05) is 6.54 Å². The predicted molar refractivity (Wildman–Crippen MR) is 68.7 cm³/mol. The molecule has 2 heteroatoms. The molecule has 0 spiro atoms. The molecule has 1 aromatic rings. The second-order valence-electron chi connectivity index (χ2n) is 5.82. The van der Waals surface area contributed by atoms with Crippen LogP contribution in [-0.2, 0) is 0 Å². The summed E-state index contributed by atoms with van der Waals surface area (Å²) in [6, 6.07) is 4.48. The van der Waals surface area contributed by atoms with E-state index < -0.39 is 0 Å². The van der Waals surface area contributed by atoms with Crippen LogP contribution in [0.2, 0.25) is 0 Å². The molecule has 0 radical (unpaired) electrons. The van der Waals surface area contributed by atoms with Crippen LogP contribution in [0.1, 0.15) is 50.8 Å². The van der Waals surface area contributed by atoms with Gasteiger partial charge in [0.2, 0.25) is 0 Å². The van der Waals surface area contributed by atoms with Gasteiger partial charge in [-0.05, 0) is 62.1 Å². The molecule has 2 bridgehead atoms. The Hall–Kier alpha value is -0.760. The van der Waals surface area contributed by atoms with Gasteiger partial charge in [-0.15, -0.1) is 0 Å². The van der Waals surface area contributed by atoms with E-state index in [0.717, 1.165) is 29.9 Å². The zero-order valence-electron chi connectivity index (χ0n) is 10.7. The molecule has 0 aromatic carbocycles. The minimum Gasteiger partial charge on any atom is -0.468 e. The summed E-state index contributed by atoms with van der Waals surface area (Å²) in [7, 11) is 0. The smallest absolute Gasteiger partial charge is 0.120 e. The second-order valence-corrected chi connectivity index (χ2v) is 5.82. The molecule has 0 aliphatic heterocycles. The van der Waals surface area contributed by atoms with Gasteiger partial charge in [-0.1, -0.05) is 13.3 Å². The van der Waals surface area contributed by atoms with E-state index in [4.69, 9.17) is 4.42 Å². The highest BCUT2D eigenvalue weighted by molar-refractivity contribution is 5.04. The van der Waals surface area contributed by atoms with Crippen molar-refractivity contribution < 1.29 is 4.42 Å². The van der Waals surface area contributed by atoms with Gasteiger partial charge in [0.1, 0.15) is 5.76 Å². The van der Waals surface area contributed by atoms with E-state index in [1.165, 1.54) is 32.2 Å². The average Bonchev–Trinajstić information content (AvgIpc) is 3.06. The summed E-state index contributed by atoms with van der Waals surface area (Å²) in [6.07, 6.45) is 8.83. The Labute approximate surface area is 104 Å². The van der Waals surface area contributed by atoms with Gasteiger partial charge in [0.05, 0.1) is 12.3 Å². The summed E-state index contributed by atoms with van der Waals surface area (Å²) >= 11 is 0. The SMILES string of the molecule is CCC(NCC1CC2CCC1C2)c1ccco1. The fourth-order valence-electron chi connectivity index (χ4n) is 3.86. The Bertz CT molecular complexity index is 346. The first-order chi connectivity index (χ1) is 8.36. The van der Waals surface area contributed by atoms with Crippen LogP contribution in [0.25, 0.3) is 0 Å². The lowest BCUT2D eigenvalue weighted by atomic mass is 9.88. The first kappa shape index (κ1) is 11.3. The van der Waals surface area contributed by atoms with Gasteiger partial charge in [-0.2, -0.15) is 0 Å². The highest BCUT2D eigenvalue weighted by Crippen LogP contribution is 2.48. The summed E-state index contributed by atoms with van der Waals surface area (Å²) in [6.45, 7) is 3.40. The van der Waals surface area contributed by atoms with Crippen molar-refractivity contribution in [1.82, 2.24) is 5.32 Å². The molecule has 2 nitrogen and oxygen atoms in total. The summed E-state index contributed by atoms with van der Waals surface area (Å²) in [5.74, 6) is 4.09. The van der Waals surface area contributed by atoms with Crippen LogP contribution < -0.4 is 5.32 Å². The molecule has 1 heterocycles. The van der Waals surface area contributed by atoms with Gasteiger partial charge in [-0.25, -0.2) is 0 Å². The van der Waals surface area contributed by atoms with Crippen LogP contribution in [0, 0.1) is 17.8 Å². The van der Waals surface area contributed by atoms with Crippen molar-refractivity contribution in [3.05, 3.63) is 24.2 Å². The van der Waals surface area contributed by atoms with Gasteiger partial charge in [-0.3, -0.25) is 0 Å². The molecule has 0 saturated heterocycles. The standard InChI is InChI=1S/C15H23NO/c1-2-14(15-4-3-7-17-15)16-10-13-9-11-5-6-12(13)8-11/h3-4,7,11-14,16H,2,5-6,8-10H2,1H3. The second kappa shape index (κ2) is 4.85. The quantitative estimate of drug-likeness (QED) is 0.837. The monoisotopic (exact) mass is 233 g/mol. The van der Waals surface area contributed by atoms with E-state index in [1.807, 2.05) is 6.07 Å². The molecule has 4 unspecified atom stereocenters. The van der Waals surface area contributed by atoms with E-state index in [2.05, 4.69) is 18.3 Å². The summed E-state index contributed by atoms with van der Waals surface area (Å²) < 4.78 is 5.50. The maximum Gasteiger partial charge on any atom is 0.120 e. The van der Waals surface area contributed by atoms with Crippen LogP contribution in [0.5, 0.6) is 0 Å².